The molecule has 1 heterocycles. The van der Waals surface area contributed by atoms with E-state index < -0.39 is 17.5 Å². The van der Waals surface area contributed by atoms with E-state index in [1.165, 1.54) is 6.07 Å². The number of aromatic nitrogens is 2. The van der Waals surface area contributed by atoms with Crippen molar-refractivity contribution >= 4 is 11.6 Å². The van der Waals surface area contributed by atoms with Gasteiger partial charge in [-0.25, -0.2) is 8.78 Å². The summed E-state index contributed by atoms with van der Waals surface area (Å²) in [6.07, 6.45) is 0.250. The van der Waals surface area contributed by atoms with Gasteiger partial charge in [-0.15, -0.1) is 10.2 Å². The summed E-state index contributed by atoms with van der Waals surface area (Å²) in [7, 11) is 0. The van der Waals surface area contributed by atoms with E-state index >= 15 is 0 Å². The van der Waals surface area contributed by atoms with E-state index in [1.54, 1.807) is 0 Å². The Morgan fingerprint density at radius 3 is 2.72 bits per heavy atom. The Balaban J connectivity index is 1.60. The van der Waals surface area contributed by atoms with Gasteiger partial charge in [-0.1, -0.05) is 18.2 Å². The Kier molecular flexibility index (Phi) is 4.83. The van der Waals surface area contributed by atoms with Gasteiger partial charge in [0, 0.05) is 24.5 Å². The summed E-state index contributed by atoms with van der Waals surface area (Å²) in [5, 5.41) is 10.3. The van der Waals surface area contributed by atoms with Crippen molar-refractivity contribution in [3.63, 3.8) is 0 Å². The fourth-order valence-electron chi connectivity index (χ4n) is 2.30. The molecule has 0 unspecified atom stereocenters. The molecule has 5 nitrogen and oxygen atoms in total. The standard InChI is InChI=1S/C18H15F2N3O2/c1-11-4-2-3-5-13(11)18-23-22-17(25-18)9-8-16(24)21-15-7-6-12(19)10-14(15)20/h2-7,10H,8-9H2,1H3,(H,21,24). The van der Waals surface area contributed by atoms with E-state index in [1.807, 2.05) is 31.2 Å². The minimum atomic E-state index is -0.826. The molecule has 7 heteroatoms. The van der Waals surface area contributed by atoms with Gasteiger partial charge < -0.3 is 9.73 Å². The fourth-order valence-corrected chi connectivity index (χ4v) is 2.30. The molecule has 3 aromatic rings. The molecule has 1 aromatic heterocycles. The number of carbonyl (C=O) groups excluding carboxylic acids is 1. The van der Waals surface area contributed by atoms with Crippen LogP contribution in [0.3, 0.4) is 0 Å². The van der Waals surface area contributed by atoms with Crippen LogP contribution < -0.4 is 5.32 Å². The maximum atomic E-state index is 13.5. The zero-order chi connectivity index (χ0) is 17.8. The van der Waals surface area contributed by atoms with Crippen molar-refractivity contribution in [3.05, 3.63) is 65.6 Å². The smallest absolute Gasteiger partial charge is 0.247 e. The van der Waals surface area contributed by atoms with Crippen molar-refractivity contribution in [2.24, 2.45) is 0 Å². The SMILES string of the molecule is Cc1ccccc1-c1nnc(CCC(=O)Nc2ccc(F)cc2F)o1. The van der Waals surface area contributed by atoms with Crippen molar-refractivity contribution in [2.75, 3.05) is 5.32 Å². The lowest BCUT2D eigenvalue weighted by Gasteiger charge is -2.05. The van der Waals surface area contributed by atoms with Crippen molar-refractivity contribution in [2.45, 2.75) is 19.8 Å². The van der Waals surface area contributed by atoms with Gasteiger partial charge in [0.05, 0.1) is 5.69 Å². The number of nitrogens with zero attached hydrogens (tertiary/aromatic N) is 2. The van der Waals surface area contributed by atoms with E-state index in [0.717, 1.165) is 17.2 Å². The zero-order valence-electron chi connectivity index (χ0n) is 13.4. The molecule has 0 bridgehead atoms. The van der Waals surface area contributed by atoms with Gasteiger partial charge in [-0.05, 0) is 30.7 Å². The maximum Gasteiger partial charge on any atom is 0.247 e. The number of amides is 1. The summed E-state index contributed by atoms with van der Waals surface area (Å²) in [4.78, 5) is 11.9. The fraction of sp³-hybridized carbons (Fsp3) is 0.167. The Morgan fingerprint density at radius 2 is 1.96 bits per heavy atom. The average molecular weight is 343 g/mol. The van der Waals surface area contributed by atoms with Crippen LogP contribution in [0.5, 0.6) is 0 Å². The molecule has 1 amide bonds. The molecule has 0 atom stereocenters. The topological polar surface area (TPSA) is 68.0 Å². The van der Waals surface area contributed by atoms with Gasteiger partial charge >= 0.3 is 0 Å². The minimum Gasteiger partial charge on any atom is -0.421 e. The van der Waals surface area contributed by atoms with Gasteiger partial charge in [0.15, 0.2) is 0 Å². The number of nitrogens with one attached hydrogen (secondary N) is 1. The zero-order valence-corrected chi connectivity index (χ0v) is 13.4. The molecule has 0 aliphatic rings. The van der Waals surface area contributed by atoms with Gasteiger partial charge in [0.2, 0.25) is 17.7 Å². The van der Waals surface area contributed by atoms with Crippen LogP contribution in [0.15, 0.2) is 46.9 Å². The highest BCUT2D eigenvalue weighted by atomic mass is 19.1. The number of hydrogen-bond donors (Lipinski definition) is 1. The summed E-state index contributed by atoms with van der Waals surface area (Å²) in [6.45, 7) is 1.93. The normalized spacial score (nSPS) is 10.7. The molecule has 0 aliphatic carbocycles. The first kappa shape index (κ1) is 16.8. The van der Waals surface area contributed by atoms with E-state index in [4.69, 9.17) is 4.42 Å². The average Bonchev–Trinajstić information content (AvgIpc) is 3.05. The van der Waals surface area contributed by atoms with Gasteiger partial charge in [0.1, 0.15) is 11.6 Å². The Morgan fingerprint density at radius 1 is 1.16 bits per heavy atom. The van der Waals surface area contributed by atoms with Crippen LogP contribution in [0, 0.1) is 18.6 Å². The molecule has 1 N–H and O–H groups in total. The predicted molar refractivity (Wildman–Crippen MR) is 87.8 cm³/mol. The second-order valence-electron chi connectivity index (χ2n) is 5.49. The summed E-state index contributed by atoms with van der Waals surface area (Å²) in [5.41, 5.74) is 1.76. The third kappa shape index (κ3) is 4.06. The van der Waals surface area contributed by atoms with Crippen molar-refractivity contribution in [1.82, 2.24) is 10.2 Å². The highest BCUT2D eigenvalue weighted by Gasteiger charge is 2.13. The van der Waals surface area contributed by atoms with Crippen LogP contribution in [-0.4, -0.2) is 16.1 Å². The molecular formula is C18H15F2N3O2. The van der Waals surface area contributed by atoms with Gasteiger partial charge in [0.25, 0.3) is 0 Å². The molecule has 25 heavy (non-hydrogen) atoms. The summed E-state index contributed by atoms with van der Waals surface area (Å²) < 4.78 is 31.9. The largest absolute Gasteiger partial charge is 0.421 e. The van der Waals surface area contributed by atoms with Crippen LogP contribution in [0.2, 0.25) is 0 Å². The molecule has 0 spiro atoms. The van der Waals surface area contributed by atoms with E-state index in [2.05, 4.69) is 15.5 Å². The second-order valence-corrected chi connectivity index (χ2v) is 5.49. The maximum absolute atomic E-state index is 13.5. The number of halogens is 2. The summed E-state index contributed by atoms with van der Waals surface area (Å²) >= 11 is 0. The number of aryl methyl sites for hydroxylation is 2. The number of anilines is 1. The number of hydrogen-bond acceptors (Lipinski definition) is 4. The van der Waals surface area contributed by atoms with Crippen LogP contribution >= 0.6 is 0 Å². The summed E-state index contributed by atoms with van der Waals surface area (Å²) in [6, 6.07) is 10.5. The molecule has 0 fully saturated rings. The van der Waals surface area contributed by atoms with Crippen LogP contribution in [-0.2, 0) is 11.2 Å². The first-order valence-corrected chi connectivity index (χ1v) is 7.66. The van der Waals surface area contributed by atoms with E-state index in [0.29, 0.717) is 17.8 Å². The van der Waals surface area contributed by atoms with Crippen LogP contribution in [0.4, 0.5) is 14.5 Å². The van der Waals surface area contributed by atoms with Gasteiger partial charge in [-0.3, -0.25) is 4.79 Å². The molecule has 0 aliphatic heterocycles. The molecule has 0 saturated carbocycles. The monoisotopic (exact) mass is 343 g/mol. The first-order chi connectivity index (χ1) is 12.0. The van der Waals surface area contributed by atoms with Gasteiger partial charge in [-0.2, -0.15) is 0 Å². The van der Waals surface area contributed by atoms with Crippen molar-refractivity contribution in [3.8, 4) is 11.5 Å². The lowest BCUT2D eigenvalue weighted by atomic mass is 10.1. The van der Waals surface area contributed by atoms with Crippen LogP contribution in [0.1, 0.15) is 17.9 Å². The molecular weight excluding hydrogens is 328 g/mol. The number of benzene rings is 2. The number of rotatable bonds is 5. The Bertz CT molecular complexity index is 909. The molecule has 3 rings (SSSR count). The quantitative estimate of drug-likeness (QED) is 0.763. The second kappa shape index (κ2) is 7.21. The number of carbonyl (C=O) groups is 1. The third-order valence-electron chi connectivity index (χ3n) is 3.61. The molecule has 0 radical (unpaired) electrons. The predicted octanol–water partition coefficient (Wildman–Crippen LogP) is 3.89. The minimum absolute atomic E-state index is 0.0339. The van der Waals surface area contributed by atoms with Crippen molar-refractivity contribution < 1.29 is 18.0 Å². The Hall–Kier alpha value is -3.09. The molecule has 2 aromatic carbocycles. The van der Waals surface area contributed by atoms with Crippen molar-refractivity contribution in [1.29, 1.82) is 0 Å². The lowest BCUT2D eigenvalue weighted by molar-refractivity contribution is -0.116. The summed E-state index contributed by atoms with van der Waals surface area (Å²) in [5.74, 6) is -1.26. The third-order valence-corrected chi connectivity index (χ3v) is 3.61. The van der Waals surface area contributed by atoms with E-state index in [-0.39, 0.29) is 18.5 Å². The lowest BCUT2D eigenvalue weighted by Crippen LogP contribution is -2.13. The highest BCUT2D eigenvalue weighted by molar-refractivity contribution is 5.90. The molecule has 128 valence electrons. The Labute approximate surface area is 142 Å². The highest BCUT2D eigenvalue weighted by Crippen LogP contribution is 2.22. The van der Waals surface area contributed by atoms with Crippen LogP contribution in [0.25, 0.3) is 11.5 Å². The molecule has 0 saturated heterocycles. The first-order valence-electron chi connectivity index (χ1n) is 7.66. The van der Waals surface area contributed by atoms with E-state index in [9.17, 15) is 13.6 Å².